The Kier molecular flexibility index (Phi) is 20.0. The molecule has 1 atom stereocenters. The van der Waals surface area contributed by atoms with Crippen molar-refractivity contribution >= 4 is 250 Å². The van der Waals surface area contributed by atoms with Crippen molar-refractivity contribution in [1.29, 1.82) is 0 Å². The van der Waals surface area contributed by atoms with Crippen LogP contribution >= 0.6 is 88.1 Å². The predicted octanol–water partition coefficient (Wildman–Crippen LogP) is 23.1. The van der Waals surface area contributed by atoms with Gasteiger partial charge in [-0.25, -0.2) is 9.97 Å². The smallest absolute Gasteiger partial charge is 0.136 e. The van der Waals surface area contributed by atoms with Gasteiger partial charge in [-0.15, -0.1) is 9.12 Å². The zero-order valence-corrected chi connectivity index (χ0v) is 59.9. The van der Waals surface area contributed by atoms with E-state index in [9.17, 15) is 4.32 Å². The summed E-state index contributed by atoms with van der Waals surface area (Å²) in [5, 5.41) is 33.4. The first kappa shape index (κ1) is 68.5. The summed E-state index contributed by atoms with van der Waals surface area (Å²) in [6.45, 7) is 0. The number of furan rings is 5. The van der Waals surface area contributed by atoms with E-state index in [4.69, 9.17) is 89.2 Å². The van der Waals surface area contributed by atoms with Crippen LogP contribution in [0.2, 0.25) is 0 Å². The quantitative estimate of drug-likeness (QED) is 0.0969. The van der Waals surface area contributed by atoms with Gasteiger partial charge in [0.2, 0.25) is 0 Å². The number of aromatic nitrogens is 6. The van der Waals surface area contributed by atoms with Crippen LogP contribution in [0.1, 0.15) is 7.43 Å². The van der Waals surface area contributed by atoms with Crippen LogP contribution in [0.3, 0.4) is 0 Å². The van der Waals surface area contributed by atoms with Gasteiger partial charge in [-0.2, -0.15) is 0 Å². The monoisotopic (exact) mass is 1620 g/mol. The molecule has 484 valence electrons. The van der Waals surface area contributed by atoms with E-state index < -0.39 is 16.7 Å². The van der Waals surface area contributed by atoms with Crippen LogP contribution in [0.25, 0.3) is 165 Å². The maximum Gasteiger partial charge on any atom is 0.136 e. The number of hydrogen-bond acceptors (Lipinski definition) is 13. The van der Waals surface area contributed by atoms with Crippen LogP contribution in [-0.2, 0) is 9.60 Å². The van der Waals surface area contributed by atoms with Crippen LogP contribution in [0.15, 0.2) is 269 Å². The van der Waals surface area contributed by atoms with Gasteiger partial charge < -0.3 is 36.4 Å². The fourth-order valence-corrected chi connectivity index (χ4v) is 12.3. The van der Waals surface area contributed by atoms with E-state index in [0.717, 1.165) is 168 Å². The molecule has 0 spiro atoms. The van der Waals surface area contributed by atoms with Crippen LogP contribution in [0.5, 0.6) is 0 Å². The summed E-state index contributed by atoms with van der Waals surface area (Å²) < 4.78 is 41.7. The molecule has 19 aromatic rings. The van der Waals surface area contributed by atoms with Crippen molar-refractivity contribution in [2.75, 3.05) is 0 Å². The van der Waals surface area contributed by atoms with E-state index in [1.807, 2.05) is 115 Å². The summed E-state index contributed by atoms with van der Waals surface area (Å²) in [5.41, 5.74) is 14.1. The molecule has 0 aliphatic rings. The van der Waals surface area contributed by atoms with E-state index >= 15 is 0 Å². The summed E-state index contributed by atoms with van der Waals surface area (Å²) in [4.78, 5) is 26.5. The molecule has 25 heteroatoms. The minimum Gasteiger partial charge on any atom is -0.456 e. The molecule has 11 aromatic carbocycles. The van der Waals surface area contributed by atoms with Crippen molar-refractivity contribution in [1.82, 2.24) is 29.9 Å². The summed E-state index contributed by atoms with van der Waals surface area (Å²) in [6.07, 6.45) is 10.2. The molecule has 0 aliphatic heterocycles. The summed E-state index contributed by atoms with van der Waals surface area (Å²) in [6, 6.07) is 66.6. The van der Waals surface area contributed by atoms with Crippen molar-refractivity contribution in [3.63, 3.8) is 0 Å². The van der Waals surface area contributed by atoms with Crippen molar-refractivity contribution in [2.24, 2.45) is 0 Å². The first-order chi connectivity index (χ1) is 46.9. The van der Waals surface area contributed by atoms with Crippen LogP contribution in [-0.4, -0.2) is 54.3 Å². The van der Waals surface area contributed by atoms with Gasteiger partial charge in [0.25, 0.3) is 0 Å². The second-order valence-corrected chi connectivity index (χ2v) is 53.9. The third kappa shape index (κ3) is 14.4. The minimum absolute atomic E-state index is 0. The average Bonchev–Trinajstić information content (AvgIpc) is 1.31. The zero-order valence-electron chi connectivity index (χ0n) is 49.8. The van der Waals surface area contributed by atoms with Gasteiger partial charge in [-0.3, -0.25) is 19.9 Å². The van der Waals surface area contributed by atoms with Gasteiger partial charge in [-0.05, 0) is 133 Å². The molecule has 8 heterocycles. The van der Waals surface area contributed by atoms with Crippen LogP contribution in [0.4, 0.5) is 4.32 Å². The topological polar surface area (TPSA) is 183 Å². The minimum atomic E-state index is -4.26. The van der Waals surface area contributed by atoms with Gasteiger partial charge in [-0.1, -0.05) is 123 Å². The normalized spacial score (nSPS) is 11.8. The Morgan fingerprint density at radius 1 is 0.347 bits per heavy atom. The third-order valence-corrected chi connectivity index (χ3v) is 17.5. The Labute approximate surface area is 597 Å². The number of rotatable bonds is 3. The van der Waals surface area contributed by atoms with Crippen LogP contribution in [0, 0.1) is 0 Å². The fourth-order valence-electron chi connectivity index (χ4n) is 11.8. The van der Waals surface area contributed by atoms with Crippen molar-refractivity contribution in [3.8, 4) is 22.5 Å². The maximum absolute atomic E-state index is 10.1. The Hall–Kier alpha value is -8.05. The molecule has 13 nitrogen and oxygen atoms in total. The average molecular weight is 1620 g/mol. The number of fused-ring (bicyclic) bond motifs is 21. The Balaban J connectivity index is 0.000000122. The second kappa shape index (κ2) is 28.7. The number of nitrogens with zero attached hydrogens (tertiary/aromatic N) is 6. The fraction of sp³-hybridized carbons (Fsp3) is 0.0137. The third-order valence-electron chi connectivity index (χ3n) is 15.8. The first-order valence-electron chi connectivity index (χ1n) is 29.3. The molecule has 1 radical (unpaired) electrons. The molecule has 19 rings (SSSR count). The molecule has 2 N–H and O–H groups in total. The summed E-state index contributed by atoms with van der Waals surface area (Å²) >= 11 is 6.35. The molecule has 8 aromatic heterocycles. The molecule has 0 bridgehead atoms. The molecule has 0 saturated heterocycles. The molecule has 0 fully saturated rings. The number of para-hydroxylation sites is 5. The zero-order chi connectivity index (χ0) is 67.1. The van der Waals surface area contributed by atoms with Crippen molar-refractivity contribution in [2.45, 2.75) is 7.43 Å². The van der Waals surface area contributed by atoms with Gasteiger partial charge in [0.15, 0.2) is 0 Å². The SMILES string of the molecule is Brc1nccnc1Br.C.F[B]P.OB(O)c1ccc2c(c1)oc1ccccc12.[Cl][Mo]([Cl])([Cl])([Cl])[Cl].c1ccc2c(c1)oc1cc(-c3nccnc3-c3ccc4c(c3)oc3ccccc34)ccc12.c1ccc2c(c1)oc1cc3c(cc12)c1cc2c(cc1c1nccnc31)oc1ccccc12. The number of benzene rings is 11. The van der Waals surface area contributed by atoms with Crippen LogP contribution < -0.4 is 5.46 Å². The van der Waals surface area contributed by atoms with Gasteiger partial charge in [0.05, 0.1) is 22.4 Å². The first-order valence-corrected chi connectivity index (χ1v) is 44.5. The van der Waals surface area contributed by atoms with Gasteiger partial charge in [0, 0.05) is 113 Å². The number of hydrogen-bond donors (Lipinski definition) is 2. The molecular weight excluding hydrogens is 1580 g/mol. The van der Waals surface area contributed by atoms with Crippen molar-refractivity contribution < 1.29 is 46.1 Å². The Morgan fingerprint density at radius 2 is 0.622 bits per heavy atom. The molecule has 1 unspecified atom stereocenters. The Morgan fingerprint density at radius 3 is 0.959 bits per heavy atom. The standard InChI is InChI=1S/C28H14N2O2.C28H16N2O2.C12H9BO3.C4H2Br2N2.CH4.BFH2P.5ClH.Mo/c1-3-7-23-15(5-1)19-11-17-18-12-20-16-6-2-4-8-24(16)32-26(20)14-22(18)28-27(29-9-10-30-28)21(17)13-25(19)31-23;1-3-7-23-19(5-1)21-11-9-17(15-25(21)31-23)27-28(30-14-13-29-27)18-10-12-22-20-6-2-4-8-24(20)32-26(22)16-18;14-13(15)8-5-6-10-9-3-1-2-4-11(9)16-12(10)7-8;5-3-4(6)8-2-1-7-3;;2-1-3;;;;;;/h1-14H;1-16H;1-7,14-15H;1-2H;1H4;3H2;5*1H;/q;;;;;;;;;;;+5/p-5. The molecule has 0 amide bonds. The largest absolute Gasteiger partial charge is 0.456 e. The Bertz CT molecular complexity index is 5900. The van der Waals surface area contributed by atoms with Gasteiger partial charge >= 0.3 is 71.1 Å². The van der Waals surface area contributed by atoms with E-state index in [-0.39, 0.29) is 7.43 Å². The number of halogens is 8. The molecule has 98 heavy (non-hydrogen) atoms. The molecule has 0 saturated carbocycles. The summed E-state index contributed by atoms with van der Waals surface area (Å²) in [7, 11) is 21.7. The van der Waals surface area contributed by atoms with E-state index in [1.54, 1.807) is 58.4 Å². The maximum atomic E-state index is 10.1. The van der Waals surface area contributed by atoms with Gasteiger partial charge in [0.1, 0.15) is 65.0 Å². The second-order valence-electron chi connectivity index (χ2n) is 21.7. The molecular formula is C73H47B2Br2Cl5FMoN6O7P. The van der Waals surface area contributed by atoms with Crippen molar-refractivity contribution in [3.05, 3.63) is 247 Å². The van der Waals surface area contributed by atoms with E-state index in [2.05, 4.69) is 125 Å². The predicted molar refractivity (Wildman–Crippen MR) is 410 cm³/mol. The summed E-state index contributed by atoms with van der Waals surface area (Å²) in [5.74, 6) is 0. The van der Waals surface area contributed by atoms with E-state index in [0.29, 0.717) is 18.3 Å². The molecule has 0 aliphatic carbocycles. The van der Waals surface area contributed by atoms with E-state index in [1.165, 1.54) is 0 Å².